The Morgan fingerprint density at radius 2 is 1.88 bits per heavy atom. The van der Waals surface area contributed by atoms with Crippen LogP contribution in [0.4, 0.5) is 11.4 Å². The van der Waals surface area contributed by atoms with Crippen molar-refractivity contribution in [2.75, 3.05) is 38.4 Å². The van der Waals surface area contributed by atoms with Crippen LogP contribution >= 0.6 is 11.6 Å². The second-order valence-corrected chi connectivity index (χ2v) is 8.13. The Hall–Kier alpha value is -2.29. The van der Waals surface area contributed by atoms with Gasteiger partial charge in [0, 0.05) is 25.5 Å². The number of benzene rings is 2. The molecular weight excluding hydrogens is 378 g/mol. The average Bonchev–Trinajstić information content (AvgIpc) is 2.60. The minimum absolute atomic E-state index is 0.00663. The van der Waals surface area contributed by atoms with Gasteiger partial charge in [0.2, 0.25) is 15.9 Å². The molecular formula is C17H20ClN3O4S. The molecule has 0 unspecified atom stereocenters. The monoisotopic (exact) mass is 397 g/mol. The van der Waals surface area contributed by atoms with Gasteiger partial charge in [-0.05, 0) is 36.4 Å². The number of methoxy groups -OCH3 is 1. The van der Waals surface area contributed by atoms with E-state index in [4.69, 9.17) is 16.3 Å². The second kappa shape index (κ2) is 8.39. The van der Waals surface area contributed by atoms with Gasteiger partial charge in [0.15, 0.2) is 0 Å². The van der Waals surface area contributed by atoms with Crippen LogP contribution in [0.1, 0.15) is 0 Å². The zero-order valence-corrected chi connectivity index (χ0v) is 16.2. The molecule has 0 radical (unpaired) electrons. The lowest BCUT2D eigenvalue weighted by Crippen LogP contribution is -2.23. The summed E-state index contributed by atoms with van der Waals surface area (Å²) in [6, 6.07) is 11.2. The summed E-state index contributed by atoms with van der Waals surface area (Å²) >= 11 is 6.03. The van der Waals surface area contributed by atoms with Gasteiger partial charge in [0.25, 0.3) is 0 Å². The number of nitrogens with one attached hydrogen (secondary N) is 2. The lowest BCUT2D eigenvalue weighted by molar-refractivity contribution is -0.114. The van der Waals surface area contributed by atoms with E-state index in [1.807, 2.05) is 0 Å². The minimum Gasteiger partial charge on any atom is -0.495 e. The predicted octanol–water partition coefficient (Wildman–Crippen LogP) is 2.65. The van der Waals surface area contributed by atoms with Crippen LogP contribution < -0.4 is 15.4 Å². The highest BCUT2D eigenvalue weighted by molar-refractivity contribution is 7.89. The van der Waals surface area contributed by atoms with Crippen LogP contribution in [0.5, 0.6) is 5.75 Å². The summed E-state index contributed by atoms with van der Waals surface area (Å²) < 4.78 is 30.5. The molecule has 1 amide bonds. The highest BCUT2D eigenvalue weighted by Crippen LogP contribution is 2.27. The second-order valence-electron chi connectivity index (χ2n) is 5.57. The Labute approximate surface area is 158 Å². The van der Waals surface area contributed by atoms with Gasteiger partial charge >= 0.3 is 0 Å². The molecule has 26 heavy (non-hydrogen) atoms. The van der Waals surface area contributed by atoms with Gasteiger partial charge in [-0.2, -0.15) is 0 Å². The number of sulfonamides is 1. The molecule has 0 bridgehead atoms. The highest BCUT2D eigenvalue weighted by atomic mass is 35.5. The first-order valence-corrected chi connectivity index (χ1v) is 9.45. The summed E-state index contributed by atoms with van der Waals surface area (Å²) in [6.07, 6.45) is 0. The van der Waals surface area contributed by atoms with Gasteiger partial charge in [-0.15, -0.1) is 0 Å². The maximum absolute atomic E-state index is 12.1. The van der Waals surface area contributed by atoms with Gasteiger partial charge < -0.3 is 15.4 Å². The Morgan fingerprint density at radius 1 is 1.15 bits per heavy atom. The highest BCUT2D eigenvalue weighted by Gasteiger charge is 2.17. The SMILES string of the molecule is COc1ccc(NCC(=O)Nc2cccc(S(=O)(=O)N(C)C)c2)cc1Cl. The number of nitrogens with zero attached hydrogens (tertiary/aromatic N) is 1. The minimum atomic E-state index is -3.56. The van der Waals surface area contributed by atoms with Crippen molar-refractivity contribution in [1.82, 2.24) is 4.31 Å². The molecule has 9 heteroatoms. The van der Waals surface area contributed by atoms with Gasteiger partial charge in [0.1, 0.15) is 5.75 Å². The number of hydrogen-bond acceptors (Lipinski definition) is 5. The number of ether oxygens (including phenoxy) is 1. The fourth-order valence-corrected chi connectivity index (χ4v) is 3.31. The quantitative estimate of drug-likeness (QED) is 0.749. The van der Waals surface area contributed by atoms with E-state index in [-0.39, 0.29) is 17.3 Å². The summed E-state index contributed by atoms with van der Waals surface area (Å²) in [5, 5.41) is 6.03. The summed E-state index contributed by atoms with van der Waals surface area (Å²) in [7, 11) is 0.856. The fraction of sp³-hybridized carbons (Fsp3) is 0.235. The molecule has 0 aliphatic heterocycles. The Kier molecular flexibility index (Phi) is 6.47. The lowest BCUT2D eigenvalue weighted by Gasteiger charge is -2.13. The van der Waals surface area contributed by atoms with Crippen LogP contribution in [0.25, 0.3) is 0 Å². The van der Waals surface area contributed by atoms with Crippen molar-refractivity contribution in [1.29, 1.82) is 0 Å². The van der Waals surface area contributed by atoms with Gasteiger partial charge in [-0.1, -0.05) is 17.7 Å². The van der Waals surface area contributed by atoms with Crippen LogP contribution in [0, 0.1) is 0 Å². The van der Waals surface area contributed by atoms with Crippen molar-refractivity contribution >= 4 is 38.9 Å². The number of halogens is 1. The first-order chi connectivity index (χ1) is 12.2. The van der Waals surface area contributed by atoms with Crippen molar-refractivity contribution in [2.45, 2.75) is 4.90 Å². The third kappa shape index (κ3) is 4.87. The number of carbonyl (C=O) groups excluding carboxylic acids is 1. The number of rotatable bonds is 7. The third-order valence-corrected chi connectivity index (χ3v) is 5.61. The number of anilines is 2. The van der Waals surface area contributed by atoms with E-state index in [1.54, 1.807) is 30.3 Å². The molecule has 0 aliphatic rings. The molecule has 2 aromatic rings. The van der Waals surface area contributed by atoms with E-state index in [9.17, 15) is 13.2 Å². The molecule has 0 saturated heterocycles. The largest absolute Gasteiger partial charge is 0.495 e. The molecule has 0 fully saturated rings. The average molecular weight is 398 g/mol. The first-order valence-electron chi connectivity index (χ1n) is 7.64. The van der Waals surface area contributed by atoms with Gasteiger partial charge in [0.05, 0.1) is 23.6 Å². The molecule has 2 rings (SSSR count). The van der Waals surface area contributed by atoms with Crippen molar-refractivity contribution in [2.24, 2.45) is 0 Å². The van der Waals surface area contributed by atoms with E-state index < -0.39 is 10.0 Å². The molecule has 7 nitrogen and oxygen atoms in total. The molecule has 2 aromatic carbocycles. The van der Waals surface area contributed by atoms with Crippen LogP contribution in [0.15, 0.2) is 47.4 Å². The Morgan fingerprint density at radius 3 is 2.50 bits per heavy atom. The number of hydrogen-bond donors (Lipinski definition) is 2. The van der Waals surface area contributed by atoms with E-state index in [2.05, 4.69) is 10.6 Å². The fourth-order valence-electron chi connectivity index (χ4n) is 2.11. The molecule has 0 aliphatic carbocycles. The lowest BCUT2D eigenvalue weighted by atomic mass is 10.3. The van der Waals surface area contributed by atoms with Crippen LogP contribution in [0.2, 0.25) is 5.02 Å². The first kappa shape index (κ1) is 20.0. The molecule has 0 aromatic heterocycles. The van der Waals surface area contributed by atoms with E-state index >= 15 is 0 Å². The molecule has 140 valence electrons. The molecule has 0 saturated carbocycles. The predicted molar refractivity (Wildman–Crippen MR) is 102 cm³/mol. The van der Waals surface area contributed by atoms with Crippen molar-refractivity contribution < 1.29 is 17.9 Å². The van der Waals surface area contributed by atoms with Crippen molar-refractivity contribution in [3.8, 4) is 5.75 Å². The standard InChI is InChI=1S/C17H20ClN3O4S/c1-21(2)26(23,24)14-6-4-5-13(9-14)20-17(22)11-19-12-7-8-16(25-3)15(18)10-12/h4-10,19H,11H2,1-3H3,(H,20,22). The van der Waals surface area contributed by atoms with Gasteiger partial charge in [-0.3, -0.25) is 4.79 Å². The van der Waals surface area contributed by atoms with Crippen LogP contribution in [-0.2, 0) is 14.8 Å². The van der Waals surface area contributed by atoms with E-state index in [1.165, 1.54) is 33.3 Å². The summed E-state index contributed by atoms with van der Waals surface area (Å²) in [6.45, 7) is -0.00663. The zero-order chi connectivity index (χ0) is 19.3. The van der Waals surface area contributed by atoms with Crippen LogP contribution in [0.3, 0.4) is 0 Å². The summed E-state index contributed by atoms with van der Waals surface area (Å²) in [4.78, 5) is 12.2. The maximum atomic E-state index is 12.1. The summed E-state index contributed by atoms with van der Waals surface area (Å²) in [5.74, 6) is 0.219. The smallest absolute Gasteiger partial charge is 0.243 e. The topological polar surface area (TPSA) is 87.7 Å². The van der Waals surface area contributed by atoms with E-state index in [0.717, 1.165) is 4.31 Å². The van der Waals surface area contributed by atoms with Gasteiger partial charge in [-0.25, -0.2) is 12.7 Å². The van der Waals surface area contributed by atoms with Crippen molar-refractivity contribution in [3.05, 3.63) is 47.5 Å². The van der Waals surface area contributed by atoms with Crippen molar-refractivity contribution in [3.63, 3.8) is 0 Å². The number of amides is 1. The normalized spacial score (nSPS) is 11.3. The Balaban J connectivity index is 2.01. The molecule has 2 N–H and O–H groups in total. The van der Waals surface area contributed by atoms with Crippen LogP contribution in [-0.4, -0.2) is 46.4 Å². The summed E-state index contributed by atoms with van der Waals surface area (Å²) in [5.41, 5.74) is 1.06. The Bertz CT molecular complexity index is 901. The number of carbonyl (C=O) groups is 1. The molecule has 0 heterocycles. The molecule has 0 atom stereocenters. The van der Waals surface area contributed by atoms with E-state index in [0.29, 0.717) is 22.1 Å². The maximum Gasteiger partial charge on any atom is 0.243 e. The molecule has 0 spiro atoms. The zero-order valence-electron chi connectivity index (χ0n) is 14.6. The third-order valence-electron chi connectivity index (χ3n) is 3.50.